The number of aromatic nitrogens is 2. The standard InChI is InChI=1S/C17H15BrN2O4/c1-24-13-5-2-11(3-6-13)9-19-15-8-12(18)4-7-14(15)20(17(19)23)10-16(21)22/h2-8H,9-10H2,1H3,(H,21,22). The summed E-state index contributed by atoms with van der Waals surface area (Å²) in [6.45, 7) is -0.0189. The highest BCUT2D eigenvalue weighted by Gasteiger charge is 2.15. The molecule has 0 aliphatic carbocycles. The van der Waals surface area contributed by atoms with Crippen molar-refractivity contribution < 1.29 is 14.6 Å². The summed E-state index contributed by atoms with van der Waals surface area (Å²) in [6.07, 6.45) is 0. The number of hydrogen-bond donors (Lipinski definition) is 1. The third-order valence-electron chi connectivity index (χ3n) is 3.77. The number of hydrogen-bond acceptors (Lipinski definition) is 3. The van der Waals surface area contributed by atoms with Crippen molar-refractivity contribution in [1.29, 1.82) is 0 Å². The maximum absolute atomic E-state index is 12.7. The average molecular weight is 391 g/mol. The van der Waals surface area contributed by atoms with Crippen LogP contribution in [-0.4, -0.2) is 27.3 Å². The second-order valence-electron chi connectivity index (χ2n) is 5.33. The summed E-state index contributed by atoms with van der Waals surface area (Å²) in [5.74, 6) is -0.314. The fourth-order valence-electron chi connectivity index (χ4n) is 2.65. The first-order valence-corrected chi connectivity index (χ1v) is 8.02. The number of rotatable bonds is 5. The summed E-state index contributed by atoms with van der Waals surface area (Å²) in [5.41, 5.74) is 1.86. The molecule has 124 valence electrons. The molecule has 0 radical (unpaired) electrons. The third-order valence-corrected chi connectivity index (χ3v) is 4.27. The van der Waals surface area contributed by atoms with Crippen molar-refractivity contribution in [2.75, 3.05) is 7.11 Å². The summed E-state index contributed by atoms with van der Waals surface area (Å²) >= 11 is 3.40. The molecule has 0 saturated carbocycles. The summed E-state index contributed by atoms with van der Waals surface area (Å²) < 4.78 is 8.80. The highest BCUT2D eigenvalue weighted by atomic mass is 79.9. The Bertz CT molecular complexity index is 957. The van der Waals surface area contributed by atoms with Crippen LogP contribution in [0.15, 0.2) is 51.7 Å². The maximum atomic E-state index is 12.7. The largest absolute Gasteiger partial charge is 0.497 e. The van der Waals surface area contributed by atoms with E-state index in [4.69, 9.17) is 9.84 Å². The Kier molecular flexibility index (Phi) is 4.44. The summed E-state index contributed by atoms with van der Waals surface area (Å²) in [7, 11) is 1.59. The number of methoxy groups -OCH3 is 1. The monoisotopic (exact) mass is 390 g/mol. The van der Waals surface area contributed by atoms with Gasteiger partial charge in [0, 0.05) is 4.47 Å². The van der Waals surface area contributed by atoms with Crippen LogP contribution in [0, 0.1) is 0 Å². The lowest BCUT2D eigenvalue weighted by Gasteiger charge is -2.05. The lowest BCUT2D eigenvalue weighted by atomic mass is 10.2. The normalized spacial score (nSPS) is 10.9. The number of imidazole rings is 1. The number of fused-ring (bicyclic) bond motifs is 1. The molecule has 0 aliphatic heterocycles. The molecule has 0 amide bonds. The number of aliphatic carboxylic acids is 1. The molecular weight excluding hydrogens is 376 g/mol. The molecule has 0 saturated heterocycles. The highest BCUT2D eigenvalue weighted by Crippen LogP contribution is 2.21. The molecule has 1 N–H and O–H groups in total. The molecule has 7 heteroatoms. The van der Waals surface area contributed by atoms with Crippen molar-refractivity contribution in [1.82, 2.24) is 9.13 Å². The SMILES string of the molecule is COc1ccc(Cn2c(=O)n(CC(=O)O)c3ccc(Br)cc32)cc1. The Morgan fingerprint density at radius 1 is 1.12 bits per heavy atom. The fourth-order valence-corrected chi connectivity index (χ4v) is 3.00. The van der Waals surface area contributed by atoms with Gasteiger partial charge in [0.15, 0.2) is 0 Å². The van der Waals surface area contributed by atoms with E-state index in [1.54, 1.807) is 23.8 Å². The van der Waals surface area contributed by atoms with E-state index in [1.807, 2.05) is 30.3 Å². The molecule has 0 bridgehead atoms. The van der Waals surface area contributed by atoms with E-state index < -0.39 is 5.97 Å². The van der Waals surface area contributed by atoms with Crippen molar-refractivity contribution in [3.63, 3.8) is 0 Å². The van der Waals surface area contributed by atoms with Gasteiger partial charge in [-0.15, -0.1) is 0 Å². The van der Waals surface area contributed by atoms with Gasteiger partial charge in [0.1, 0.15) is 12.3 Å². The van der Waals surface area contributed by atoms with Crippen LogP contribution >= 0.6 is 15.9 Å². The number of carbonyl (C=O) groups is 1. The number of carboxylic acid groups (broad SMARTS) is 1. The average Bonchev–Trinajstić information content (AvgIpc) is 2.80. The van der Waals surface area contributed by atoms with Crippen molar-refractivity contribution >= 4 is 32.9 Å². The Morgan fingerprint density at radius 3 is 2.46 bits per heavy atom. The van der Waals surface area contributed by atoms with Crippen LogP contribution in [-0.2, 0) is 17.9 Å². The molecule has 0 aliphatic rings. The Balaban J connectivity index is 2.11. The van der Waals surface area contributed by atoms with Gasteiger partial charge in [-0.2, -0.15) is 0 Å². The molecule has 6 nitrogen and oxygen atoms in total. The van der Waals surface area contributed by atoms with Crippen LogP contribution in [0.5, 0.6) is 5.75 Å². The van der Waals surface area contributed by atoms with Crippen LogP contribution < -0.4 is 10.4 Å². The van der Waals surface area contributed by atoms with Gasteiger partial charge in [0.05, 0.1) is 24.7 Å². The molecule has 3 aromatic rings. The molecule has 24 heavy (non-hydrogen) atoms. The minimum absolute atomic E-state index is 0.346. The minimum Gasteiger partial charge on any atom is -0.497 e. The van der Waals surface area contributed by atoms with Crippen LogP contribution in [0.4, 0.5) is 0 Å². The Morgan fingerprint density at radius 2 is 1.83 bits per heavy atom. The fraction of sp³-hybridized carbons (Fsp3) is 0.176. The summed E-state index contributed by atoms with van der Waals surface area (Å²) in [5, 5.41) is 9.07. The second kappa shape index (κ2) is 6.52. The van der Waals surface area contributed by atoms with Crippen LogP contribution in [0.2, 0.25) is 0 Å². The van der Waals surface area contributed by atoms with Crippen molar-refractivity contribution in [2.24, 2.45) is 0 Å². The number of halogens is 1. The molecule has 0 spiro atoms. The zero-order valence-electron chi connectivity index (χ0n) is 12.9. The van der Waals surface area contributed by atoms with Crippen LogP contribution in [0.1, 0.15) is 5.56 Å². The van der Waals surface area contributed by atoms with E-state index in [1.165, 1.54) is 4.57 Å². The van der Waals surface area contributed by atoms with Crippen LogP contribution in [0.25, 0.3) is 11.0 Å². The van der Waals surface area contributed by atoms with E-state index in [0.717, 1.165) is 15.8 Å². The molecule has 3 rings (SSSR count). The van der Waals surface area contributed by atoms with Gasteiger partial charge in [0.2, 0.25) is 0 Å². The van der Waals surface area contributed by atoms with Gasteiger partial charge in [0.25, 0.3) is 0 Å². The zero-order valence-corrected chi connectivity index (χ0v) is 14.5. The molecule has 0 fully saturated rings. The van der Waals surface area contributed by atoms with Crippen LogP contribution in [0.3, 0.4) is 0 Å². The zero-order chi connectivity index (χ0) is 17.3. The van der Waals surface area contributed by atoms with Gasteiger partial charge in [-0.05, 0) is 35.9 Å². The molecular formula is C17H15BrN2O4. The number of carboxylic acids is 1. The van der Waals surface area contributed by atoms with Gasteiger partial charge >= 0.3 is 11.7 Å². The van der Waals surface area contributed by atoms with Gasteiger partial charge < -0.3 is 9.84 Å². The maximum Gasteiger partial charge on any atom is 0.329 e. The smallest absolute Gasteiger partial charge is 0.329 e. The first-order chi connectivity index (χ1) is 11.5. The minimum atomic E-state index is -1.05. The van der Waals surface area contributed by atoms with E-state index in [2.05, 4.69) is 15.9 Å². The summed E-state index contributed by atoms with van der Waals surface area (Å²) in [4.78, 5) is 23.8. The van der Waals surface area contributed by atoms with Crippen molar-refractivity contribution in [2.45, 2.75) is 13.1 Å². The van der Waals surface area contributed by atoms with Crippen molar-refractivity contribution in [3.05, 3.63) is 63.0 Å². The molecule has 0 atom stereocenters. The Hall–Kier alpha value is -2.54. The number of nitrogens with zero attached hydrogens (tertiary/aromatic N) is 2. The van der Waals surface area contributed by atoms with E-state index in [9.17, 15) is 9.59 Å². The van der Waals surface area contributed by atoms with E-state index >= 15 is 0 Å². The molecule has 0 unspecified atom stereocenters. The summed E-state index contributed by atoms with van der Waals surface area (Å²) in [6, 6.07) is 12.8. The van der Waals surface area contributed by atoms with Crippen molar-refractivity contribution in [3.8, 4) is 5.75 Å². The topological polar surface area (TPSA) is 73.5 Å². The molecule has 1 heterocycles. The molecule has 1 aromatic heterocycles. The predicted molar refractivity (Wildman–Crippen MR) is 93.6 cm³/mol. The molecule has 2 aromatic carbocycles. The number of benzene rings is 2. The van der Waals surface area contributed by atoms with Gasteiger partial charge in [-0.3, -0.25) is 13.9 Å². The van der Waals surface area contributed by atoms with E-state index in [0.29, 0.717) is 17.6 Å². The Labute approximate surface area is 146 Å². The third kappa shape index (κ3) is 3.07. The first-order valence-electron chi connectivity index (χ1n) is 7.23. The number of ether oxygens (including phenoxy) is 1. The quantitative estimate of drug-likeness (QED) is 0.726. The van der Waals surface area contributed by atoms with Gasteiger partial charge in [-0.1, -0.05) is 28.1 Å². The second-order valence-corrected chi connectivity index (χ2v) is 6.25. The predicted octanol–water partition coefficient (Wildman–Crippen LogP) is 2.71. The lowest BCUT2D eigenvalue weighted by Crippen LogP contribution is -2.27. The van der Waals surface area contributed by atoms with Gasteiger partial charge in [-0.25, -0.2) is 4.79 Å². The first kappa shape index (κ1) is 16.3. The van der Waals surface area contributed by atoms with E-state index in [-0.39, 0.29) is 12.2 Å². The lowest BCUT2D eigenvalue weighted by molar-refractivity contribution is -0.137. The highest BCUT2D eigenvalue weighted by molar-refractivity contribution is 9.10.